The van der Waals surface area contributed by atoms with Crippen LogP contribution in [-0.4, -0.2) is 10.5 Å². The summed E-state index contributed by atoms with van der Waals surface area (Å²) in [6.45, 7) is 0. The van der Waals surface area contributed by atoms with Crippen LogP contribution in [0.1, 0.15) is 0 Å². The molecular formula is C5H9N3OS. The van der Waals surface area contributed by atoms with Gasteiger partial charge >= 0.3 is 0 Å². The van der Waals surface area contributed by atoms with E-state index in [2.05, 4.69) is 4.98 Å². The quantitative estimate of drug-likeness (QED) is 0.467. The molecule has 4 nitrogen and oxygen atoms in total. The molecule has 0 bridgehead atoms. The Labute approximate surface area is 63.2 Å². The van der Waals surface area contributed by atoms with Gasteiger partial charge in [0.2, 0.25) is 0 Å². The zero-order chi connectivity index (χ0) is 6.85. The van der Waals surface area contributed by atoms with Crippen LogP contribution in [0.25, 0.3) is 0 Å². The largest absolute Gasteiger partial charge is 0.412 e. The fourth-order valence-electron chi connectivity index (χ4n) is 0.587. The zero-order valence-corrected chi connectivity index (χ0v) is 6.03. The minimum absolute atomic E-state index is 0. The van der Waals surface area contributed by atoms with Crippen LogP contribution >= 0.6 is 12.2 Å². The summed E-state index contributed by atoms with van der Waals surface area (Å²) in [5, 5.41) is 0. The Bertz CT molecular complexity index is 247. The van der Waals surface area contributed by atoms with E-state index in [1.54, 1.807) is 12.1 Å². The van der Waals surface area contributed by atoms with Crippen molar-refractivity contribution in [3.63, 3.8) is 0 Å². The lowest BCUT2D eigenvalue weighted by Crippen LogP contribution is -1.92. The van der Waals surface area contributed by atoms with Crippen molar-refractivity contribution in [2.45, 2.75) is 0 Å². The lowest BCUT2D eigenvalue weighted by molar-refractivity contribution is 0.824. The van der Waals surface area contributed by atoms with Gasteiger partial charge in [0.25, 0.3) is 0 Å². The van der Waals surface area contributed by atoms with Crippen LogP contribution in [0.5, 0.6) is 0 Å². The van der Waals surface area contributed by atoms with Crippen molar-refractivity contribution < 1.29 is 5.48 Å². The van der Waals surface area contributed by atoms with Crippen LogP contribution < -0.4 is 11.5 Å². The summed E-state index contributed by atoms with van der Waals surface area (Å²) in [5.74, 6) is 0.500. The van der Waals surface area contributed by atoms with Gasteiger partial charge in [0, 0.05) is 11.8 Å². The average Bonchev–Trinajstić information content (AvgIpc) is 1.59. The van der Waals surface area contributed by atoms with Gasteiger partial charge in [-0.05, 0) is 6.07 Å². The van der Waals surface area contributed by atoms with Crippen LogP contribution in [0.2, 0.25) is 0 Å². The Morgan fingerprint density at radius 2 is 1.90 bits per heavy atom. The molecule has 0 radical (unpaired) electrons. The average molecular weight is 159 g/mol. The maximum absolute atomic E-state index is 5.39. The van der Waals surface area contributed by atoms with Crippen molar-refractivity contribution in [1.82, 2.24) is 4.98 Å². The summed E-state index contributed by atoms with van der Waals surface area (Å²) in [7, 11) is 0. The molecule has 0 saturated carbocycles. The molecule has 0 aliphatic carbocycles. The maximum Gasteiger partial charge on any atom is 0.106 e. The Morgan fingerprint density at radius 3 is 2.30 bits per heavy atom. The molecule has 0 aliphatic heterocycles. The maximum atomic E-state index is 5.39. The van der Waals surface area contributed by atoms with Crippen molar-refractivity contribution in [2.24, 2.45) is 0 Å². The van der Waals surface area contributed by atoms with E-state index in [4.69, 9.17) is 23.7 Å². The number of nitrogens with two attached hydrogens (primary N) is 2. The van der Waals surface area contributed by atoms with E-state index in [0.717, 1.165) is 0 Å². The highest BCUT2D eigenvalue weighted by Gasteiger charge is 1.85. The molecule has 0 amide bonds. The van der Waals surface area contributed by atoms with Crippen molar-refractivity contribution in [3.05, 3.63) is 16.8 Å². The minimum Gasteiger partial charge on any atom is -0.412 e. The molecule has 0 spiro atoms. The van der Waals surface area contributed by atoms with Crippen LogP contribution in [-0.2, 0) is 0 Å². The normalized spacial score (nSPS) is 8.40. The number of hydrogen-bond donors (Lipinski definition) is 3. The first-order valence-electron chi connectivity index (χ1n) is 2.44. The molecule has 0 aliphatic rings. The molecule has 5 heteroatoms. The van der Waals surface area contributed by atoms with Crippen LogP contribution in [0.4, 0.5) is 11.5 Å². The minimum atomic E-state index is 0. The predicted octanol–water partition coefficient (Wildman–Crippen LogP) is 0.0839. The molecule has 1 rings (SSSR count). The Morgan fingerprint density at radius 1 is 1.30 bits per heavy atom. The van der Waals surface area contributed by atoms with Gasteiger partial charge in [0.05, 0.1) is 0 Å². The molecule has 1 aromatic heterocycles. The van der Waals surface area contributed by atoms with Crippen molar-refractivity contribution >= 4 is 23.7 Å². The smallest absolute Gasteiger partial charge is 0.106 e. The number of hydrogen-bond acceptors (Lipinski definition) is 3. The van der Waals surface area contributed by atoms with Gasteiger partial charge in [-0.2, -0.15) is 0 Å². The molecule has 56 valence electrons. The first-order valence-corrected chi connectivity index (χ1v) is 2.84. The number of nitrogen functional groups attached to an aromatic ring is 2. The molecule has 0 unspecified atom stereocenters. The first-order chi connectivity index (χ1) is 4.18. The third-order valence-electron chi connectivity index (χ3n) is 0.887. The lowest BCUT2D eigenvalue weighted by Gasteiger charge is -1.93. The fraction of sp³-hybridized carbons (Fsp3) is 0. The Hall–Kier alpha value is -1.07. The van der Waals surface area contributed by atoms with E-state index in [1.807, 2.05) is 0 Å². The van der Waals surface area contributed by atoms with Crippen LogP contribution in [0, 0.1) is 4.64 Å². The van der Waals surface area contributed by atoms with Crippen molar-refractivity contribution in [1.29, 1.82) is 0 Å². The highest BCUT2D eigenvalue weighted by Crippen LogP contribution is 2.04. The first kappa shape index (κ1) is 8.93. The number of H-pyrrole nitrogens is 1. The monoisotopic (exact) mass is 159 g/mol. The van der Waals surface area contributed by atoms with E-state index in [-0.39, 0.29) is 5.48 Å². The highest BCUT2D eigenvalue weighted by molar-refractivity contribution is 7.71. The number of nitrogens with one attached hydrogen (secondary N) is 1. The fourth-order valence-corrected chi connectivity index (χ4v) is 0.841. The van der Waals surface area contributed by atoms with E-state index in [9.17, 15) is 0 Å². The number of aromatic amines is 1. The van der Waals surface area contributed by atoms with Crippen LogP contribution in [0.15, 0.2) is 12.1 Å². The number of aromatic nitrogens is 1. The van der Waals surface area contributed by atoms with Gasteiger partial charge < -0.3 is 21.9 Å². The number of anilines is 2. The summed E-state index contributed by atoms with van der Waals surface area (Å²) >= 11 is 4.77. The second-order valence-electron chi connectivity index (χ2n) is 1.73. The van der Waals surface area contributed by atoms with Gasteiger partial charge in [-0.3, -0.25) is 0 Å². The Kier molecular flexibility index (Phi) is 2.85. The molecule has 0 saturated heterocycles. The highest BCUT2D eigenvalue weighted by atomic mass is 32.1. The van der Waals surface area contributed by atoms with E-state index >= 15 is 0 Å². The summed E-state index contributed by atoms with van der Waals surface area (Å²) in [6, 6.07) is 3.27. The molecule has 0 aromatic carbocycles. The zero-order valence-electron chi connectivity index (χ0n) is 5.22. The molecule has 1 aromatic rings. The van der Waals surface area contributed by atoms with E-state index in [0.29, 0.717) is 16.1 Å². The summed E-state index contributed by atoms with van der Waals surface area (Å²) < 4.78 is 0.563. The lowest BCUT2D eigenvalue weighted by atomic mass is 10.4. The van der Waals surface area contributed by atoms with Gasteiger partial charge in [-0.15, -0.1) is 0 Å². The van der Waals surface area contributed by atoms with Crippen molar-refractivity contribution in [2.75, 3.05) is 11.5 Å². The predicted molar refractivity (Wildman–Crippen MR) is 44.1 cm³/mol. The molecule has 10 heavy (non-hydrogen) atoms. The molecule has 0 atom stereocenters. The van der Waals surface area contributed by atoms with Gasteiger partial charge in [0.15, 0.2) is 0 Å². The topological polar surface area (TPSA) is 99.3 Å². The Balaban J connectivity index is 0.000000810. The summed E-state index contributed by atoms with van der Waals surface area (Å²) in [4.78, 5) is 2.72. The molecule has 7 N–H and O–H groups in total. The van der Waals surface area contributed by atoms with Crippen LogP contribution in [0.3, 0.4) is 0 Å². The third-order valence-corrected chi connectivity index (χ3v) is 1.11. The standard InChI is InChI=1S/C5H7N3S.H2O/c6-3-1-4(7)8-5(9)2-3;/h1-2H,(H5,6,7,8,9);1H2. The van der Waals surface area contributed by atoms with E-state index in [1.165, 1.54) is 0 Å². The van der Waals surface area contributed by atoms with Gasteiger partial charge in [-0.1, -0.05) is 12.2 Å². The molecular weight excluding hydrogens is 150 g/mol. The second-order valence-corrected chi connectivity index (χ2v) is 2.17. The molecule has 0 fully saturated rings. The molecule has 1 heterocycles. The van der Waals surface area contributed by atoms with E-state index < -0.39 is 0 Å². The summed E-state index contributed by atoms with van der Waals surface area (Å²) in [5.41, 5.74) is 11.3. The third kappa shape index (κ3) is 2.04. The second kappa shape index (κ2) is 3.19. The van der Waals surface area contributed by atoms with Crippen molar-refractivity contribution in [3.8, 4) is 0 Å². The summed E-state index contributed by atoms with van der Waals surface area (Å²) in [6.07, 6.45) is 0. The van der Waals surface area contributed by atoms with Gasteiger partial charge in [-0.25, -0.2) is 0 Å². The van der Waals surface area contributed by atoms with Gasteiger partial charge in [0.1, 0.15) is 10.5 Å². The SMILES string of the molecule is Nc1cc(N)[nH]c(=S)c1.O. The number of pyridine rings is 1. The number of rotatable bonds is 0.